The van der Waals surface area contributed by atoms with Crippen LogP contribution in [0.5, 0.6) is 11.5 Å². The van der Waals surface area contributed by atoms with Gasteiger partial charge in [0.2, 0.25) is 5.91 Å². The molecular weight excluding hydrogens is 352 g/mol. The number of hydrogen-bond donors (Lipinski definition) is 1. The normalized spacial score (nSPS) is 16.7. The van der Waals surface area contributed by atoms with Crippen molar-refractivity contribution in [3.63, 3.8) is 0 Å². The minimum atomic E-state index is 0.0902. The third kappa shape index (κ3) is 5.26. The fourth-order valence-electron chi connectivity index (χ4n) is 3.87. The first-order chi connectivity index (χ1) is 13.7. The topological polar surface area (TPSA) is 50.8 Å². The Labute approximate surface area is 167 Å². The first kappa shape index (κ1) is 20.2. The van der Waals surface area contributed by atoms with E-state index in [1.807, 2.05) is 18.2 Å². The minimum Gasteiger partial charge on any atom is -0.497 e. The predicted octanol–water partition coefficient (Wildman–Crippen LogP) is 3.59. The summed E-state index contributed by atoms with van der Waals surface area (Å²) in [6.45, 7) is 2.06. The van der Waals surface area contributed by atoms with Crippen LogP contribution in [0, 0.1) is 0 Å². The summed E-state index contributed by atoms with van der Waals surface area (Å²) >= 11 is 0. The number of nitrogens with one attached hydrogen (secondary N) is 1. The Hall–Kier alpha value is -2.53. The lowest BCUT2D eigenvalue weighted by Crippen LogP contribution is -2.37. The van der Waals surface area contributed by atoms with Crippen LogP contribution in [0.3, 0.4) is 0 Å². The summed E-state index contributed by atoms with van der Waals surface area (Å²) in [7, 11) is 3.33. The molecular formula is C23H30N2O3. The van der Waals surface area contributed by atoms with Crippen molar-refractivity contribution < 1.29 is 14.3 Å². The first-order valence-corrected chi connectivity index (χ1v) is 9.98. The largest absolute Gasteiger partial charge is 0.497 e. The van der Waals surface area contributed by atoms with Crippen molar-refractivity contribution in [1.29, 1.82) is 0 Å². The Morgan fingerprint density at radius 3 is 2.71 bits per heavy atom. The molecule has 1 aliphatic heterocycles. The number of carbonyl (C=O) groups is 1. The van der Waals surface area contributed by atoms with Crippen LogP contribution in [-0.4, -0.2) is 44.7 Å². The summed E-state index contributed by atoms with van der Waals surface area (Å²) in [4.78, 5) is 14.7. The molecule has 5 heteroatoms. The third-order valence-electron chi connectivity index (χ3n) is 5.32. The number of aryl methyl sites for hydroxylation is 1. The van der Waals surface area contributed by atoms with Crippen LogP contribution in [0.25, 0.3) is 0 Å². The number of nitrogens with zero attached hydrogens (tertiary/aromatic N) is 1. The van der Waals surface area contributed by atoms with Crippen molar-refractivity contribution in [2.24, 2.45) is 0 Å². The van der Waals surface area contributed by atoms with Gasteiger partial charge >= 0.3 is 0 Å². The van der Waals surface area contributed by atoms with E-state index in [0.29, 0.717) is 13.1 Å². The molecule has 0 saturated carbocycles. The number of ether oxygens (including phenoxy) is 2. The van der Waals surface area contributed by atoms with Gasteiger partial charge in [-0.3, -0.25) is 9.69 Å². The van der Waals surface area contributed by atoms with Crippen LogP contribution in [0.1, 0.15) is 36.4 Å². The Morgan fingerprint density at radius 2 is 1.96 bits per heavy atom. The van der Waals surface area contributed by atoms with E-state index in [1.54, 1.807) is 14.2 Å². The van der Waals surface area contributed by atoms with Crippen LogP contribution >= 0.6 is 0 Å². The average molecular weight is 383 g/mol. The minimum absolute atomic E-state index is 0.0902. The molecule has 0 spiro atoms. The molecule has 1 atom stereocenters. The van der Waals surface area contributed by atoms with E-state index in [9.17, 15) is 4.79 Å². The molecule has 1 amide bonds. The molecule has 28 heavy (non-hydrogen) atoms. The number of benzene rings is 2. The zero-order valence-corrected chi connectivity index (χ0v) is 16.8. The Kier molecular flexibility index (Phi) is 7.31. The monoisotopic (exact) mass is 382 g/mol. The van der Waals surface area contributed by atoms with Crippen molar-refractivity contribution in [1.82, 2.24) is 10.2 Å². The molecule has 1 saturated heterocycles. The molecule has 2 aromatic rings. The second-order valence-corrected chi connectivity index (χ2v) is 7.18. The van der Waals surface area contributed by atoms with E-state index in [2.05, 4.69) is 40.5 Å². The van der Waals surface area contributed by atoms with Gasteiger partial charge in [0.1, 0.15) is 11.5 Å². The molecule has 1 aliphatic rings. The number of carbonyl (C=O) groups excluding carboxylic acids is 1. The maximum atomic E-state index is 12.4. The molecule has 1 unspecified atom stereocenters. The smallest absolute Gasteiger partial charge is 0.234 e. The molecule has 5 nitrogen and oxygen atoms in total. The molecule has 0 aromatic heterocycles. The van der Waals surface area contributed by atoms with E-state index in [4.69, 9.17) is 9.47 Å². The first-order valence-electron chi connectivity index (χ1n) is 9.98. The number of amides is 1. The quantitative estimate of drug-likeness (QED) is 0.674. The van der Waals surface area contributed by atoms with E-state index < -0.39 is 0 Å². The zero-order chi connectivity index (χ0) is 19.8. The van der Waals surface area contributed by atoms with E-state index in [1.165, 1.54) is 5.56 Å². The van der Waals surface area contributed by atoms with Gasteiger partial charge in [-0.2, -0.15) is 0 Å². The lowest BCUT2D eigenvalue weighted by molar-refractivity contribution is -0.122. The number of hydrogen-bond acceptors (Lipinski definition) is 4. The van der Waals surface area contributed by atoms with E-state index in [-0.39, 0.29) is 11.9 Å². The Bertz CT molecular complexity index is 764. The number of rotatable bonds is 9. The van der Waals surface area contributed by atoms with Gasteiger partial charge in [0, 0.05) is 24.2 Å². The summed E-state index contributed by atoms with van der Waals surface area (Å²) in [6, 6.07) is 16.5. The van der Waals surface area contributed by atoms with Gasteiger partial charge in [0.05, 0.1) is 20.8 Å². The highest BCUT2D eigenvalue weighted by Crippen LogP contribution is 2.38. The summed E-state index contributed by atoms with van der Waals surface area (Å²) < 4.78 is 10.9. The van der Waals surface area contributed by atoms with Crippen LogP contribution < -0.4 is 14.8 Å². The SMILES string of the molecule is COc1ccc(C2CCCN2CC(=O)NCCCc2ccccc2)c(OC)c1. The highest BCUT2D eigenvalue weighted by atomic mass is 16.5. The van der Waals surface area contributed by atoms with Gasteiger partial charge < -0.3 is 14.8 Å². The molecule has 2 aromatic carbocycles. The highest BCUT2D eigenvalue weighted by molar-refractivity contribution is 5.78. The van der Waals surface area contributed by atoms with Crippen LogP contribution in [0.2, 0.25) is 0 Å². The maximum absolute atomic E-state index is 12.4. The summed E-state index contributed by atoms with van der Waals surface area (Å²) in [5.74, 6) is 1.69. The number of methoxy groups -OCH3 is 2. The molecule has 0 aliphatic carbocycles. The lowest BCUT2D eigenvalue weighted by atomic mass is 10.0. The van der Waals surface area contributed by atoms with Gasteiger partial charge in [0.15, 0.2) is 0 Å². The van der Waals surface area contributed by atoms with Crippen molar-refractivity contribution in [2.75, 3.05) is 33.9 Å². The average Bonchev–Trinajstić information content (AvgIpc) is 3.19. The lowest BCUT2D eigenvalue weighted by Gasteiger charge is -2.25. The summed E-state index contributed by atoms with van der Waals surface area (Å²) in [5.41, 5.74) is 2.43. The molecule has 3 rings (SSSR count). The van der Waals surface area contributed by atoms with Crippen molar-refractivity contribution in [3.05, 3.63) is 59.7 Å². The van der Waals surface area contributed by atoms with Gasteiger partial charge in [-0.15, -0.1) is 0 Å². The fourth-order valence-corrected chi connectivity index (χ4v) is 3.87. The third-order valence-corrected chi connectivity index (χ3v) is 5.32. The predicted molar refractivity (Wildman–Crippen MR) is 111 cm³/mol. The fraction of sp³-hybridized carbons (Fsp3) is 0.435. The molecule has 0 bridgehead atoms. The van der Waals surface area contributed by atoms with E-state index in [0.717, 1.165) is 49.3 Å². The summed E-state index contributed by atoms with van der Waals surface area (Å²) in [5, 5.41) is 3.07. The molecule has 0 radical (unpaired) electrons. The van der Waals surface area contributed by atoms with Gasteiger partial charge in [-0.1, -0.05) is 36.4 Å². The van der Waals surface area contributed by atoms with Gasteiger partial charge in [-0.25, -0.2) is 0 Å². The Morgan fingerprint density at radius 1 is 1.14 bits per heavy atom. The molecule has 150 valence electrons. The second-order valence-electron chi connectivity index (χ2n) is 7.18. The Balaban J connectivity index is 1.51. The van der Waals surface area contributed by atoms with Crippen molar-refractivity contribution in [2.45, 2.75) is 31.7 Å². The maximum Gasteiger partial charge on any atom is 0.234 e. The molecule has 1 N–H and O–H groups in total. The molecule has 1 heterocycles. The van der Waals surface area contributed by atoms with Crippen LogP contribution in [0.15, 0.2) is 48.5 Å². The highest BCUT2D eigenvalue weighted by Gasteiger charge is 2.29. The van der Waals surface area contributed by atoms with Crippen molar-refractivity contribution >= 4 is 5.91 Å². The number of likely N-dealkylation sites (tertiary alicyclic amines) is 1. The zero-order valence-electron chi connectivity index (χ0n) is 16.8. The molecule has 1 fully saturated rings. The second kappa shape index (κ2) is 10.1. The van der Waals surface area contributed by atoms with E-state index >= 15 is 0 Å². The van der Waals surface area contributed by atoms with Crippen LogP contribution in [-0.2, 0) is 11.2 Å². The van der Waals surface area contributed by atoms with Gasteiger partial charge in [0.25, 0.3) is 0 Å². The summed E-state index contributed by atoms with van der Waals surface area (Å²) in [6.07, 6.45) is 4.05. The standard InChI is InChI=1S/C23H30N2O3/c1-27-19-12-13-20(22(16-19)28-2)21-11-7-15-25(21)17-23(26)24-14-6-10-18-8-4-3-5-9-18/h3-5,8-9,12-13,16,21H,6-7,10-11,14-15,17H2,1-2H3,(H,24,26). The van der Waals surface area contributed by atoms with Crippen molar-refractivity contribution in [3.8, 4) is 11.5 Å². The van der Waals surface area contributed by atoms with Gasteiger partial charge in [-0.05, 0) is 43.9 Å². The van der Waals surface area contributed by atoms with Crippen LogP contribution in [0.4, 0.5) is 0 Å².